The van der Waals surface area contributed by atoms with Crippen LogP contribution in [-0.4, -0.2) is 13.2 Å². The fourth-order valence-electron chi connectivity index (χ4n) is 8.07. The second-order valence-electron chi connectivity index (χ2n) is 14.2. The lowest BCUT2D eigenvalue weighted by Crippen LogP contribution is -2.27. The summed E-state index contributed by atoms with van der Waals surface area (Å²) in [6, 6.07) is 49.2. The molecular weight excluding hydrogens is 707 g/mol. The van der Waals surface area contributed by atoms with Crippen molar-refractivity contribution in [3.05, 3.63) is 183 Å². The normalized spacial score (nSPS) is 15.4. The molecule has 0 radical (unpaired) electrons. The zero-order valence-electron chi connectivity index (χ0n) is 30.6. The average Bonchev–Trinajstić information content (AvgIpc) is 3.22. The molecule has 54 heavy (non-hydrogen) atoms. The third kappa shape index (κ3) is 7.78. The van der Waals surface area contributed by atoms with E-state index < -0.39 is 0 Å². The Labute approximate surface area is 328 Å². The maximum Gasteiger partial charge on any atom is 0.119 e. The summed E-state index contributed by atoms with van der Waals surface area (Å²) in [7, 11) is 0. The largest absolute Gasteiger partial charge is 0.494 e. The molecule has 272 valence electrons. The minimum Gasteiger partial charge on any atom is -0.494 e. The van der Waals surface area contributed by atoms with E-state index >= 15 is 0 Å². The molecule has 0 amide bonds. The van der Waals surface area contributed by atoms with Gasteiger partial charge in [0.15, 0.2) is 0 Å². The highest BCUT2D eigenvalue weighted by Gasteiger charge is 2.32. The first-order valence-electron chi connectivity index (χ1n) is 18.9. The van der Waals surface area contributed by atoms with Gasteiger partial charge in [-0.2, -0.15) is 0 Å². The molecule has 0 N–H and O–H groups in total. The summed E-state index contributed by atoms with van der Waals surface area (Å²) in [6.07, 6.45) is 2.53. The third-order valence-corrected chi connectivity index (χ3v) is 11.4. The van der Waals surface area contributed by atoms with Gasteiger partial charge in [0, 0.05) is 16.8 Å². The van der Waals surface area contributed by atoms with E-state index in [1.165, 1.54) is 54.9 Å². The van der Waals surface area contributed by atoms with Crippen molar-refractivity contribution in [3.63, 3.8) is 0 Å². The van der Waals surface area contributed by atoms with E-state index in [9.17, 15) is 0 Å². The number of aryl methyl sites for hydroxylation is 1. The van der Waals surface area contributed by atoms with Gasteiger partial charge in [-0.25, -0.2) is 0 Å². The first-order chi connectivity index (χ1) is 26.6. The number of rotatable bonds is 13. The monoisotopic (exact) mass is 750 g/mol. The molecule has 0 heterocycles. The number of fused-ring (bicyclic) bond motifs is 5. The van der Waals surface area contributed by atoms with Gasteiger partial charge in [-0.3, -0.25) is 0 Å². The summed E-state index contributed by atoms with van der Waals surface area (Å²) in [5.74, 6) is 1.46. The highest BCUT2D eigenvalue weighted by atomic mass is 35.5. The number of hydrogen-bond donors (Lipinski definition) is 0. The molecule has 0 fully saturated rings. The molecule has 7 aromatic rings. The molecule has 0 spiro atoms. The number of ether oxygens (including phenoxy) is 3. The van der Waals surface area contributed by atoms with Crippen LogP contribution in [0.1, 0.15) is 58.4 Å². The Bertz CT molecular complexity index is 2360. The Balaban J connectivity index is 1.20. The Morgan fingerprint density at radius 3 is 2.04 bits per heavy atom. The van der Waals surface area contributed by atoms with Gasteiger partial charge in [0.1, 0.15) is 5.75 Å². The Kier molecular flexibility index (Phi) is 11.3. The Morgan fingerprint density at radius 2 is 1.31 bits per heavy atom. The van der Waals surface area contributed by atoms with Crippen molar-refractivity contribution >= 4 is 44.7 Å². The quantitative estimate of drug-likeness (QED) is 0.0867. The van der Waals surface area contributed by atoms with Crippen molar-refractivity contribution in [1.29, 1.82) is 0 Å². The fraction of sp³-hybridized carbons (Fsp3) is 0.224. The zero-order chi connectivity index (χ0) is 36.9. The van der Waals surface area contributed by atoms with Gasteiger partial charge >= 0.3 is 0 Å². The lowest BCUT2D eigenvalue weighted by atomic mass is 9.78. The van der Waals surface area contributed by atoms with E-state index in [4.69, 9.17) is 37.4 Å². The van der Waals surface area contributed by atoms with Crippen LogP contribution in [0.5, 0.6) is 5.75 Å². The van der Waals surface area contributed by atoms with Crippen LogP contribution < -0.4 is 4.74 Å². The van der Waals surface area contributed by atoms with Crippen LogP contribution in [0.4, 0.5) is 0 Å². The molecule has 1 aliphatic rings. The number of benzene rings is 7. The second-order valence-corrected chi connectivity index (χ2v) is 14.9. The molecule has 0 bridgehead atoms. The van der Waals surface area contributed by atoms with Gasteiger partial charge in [0.05, 0.1) is 32.5 Å². The Morgan fingerprint density at radius 1 is 0.630 bits per heavy atom. The van der Waals surface area contributed by atoms with Crippen molar-refractivity contribution < 1.29 is 14.2 Å². The summed E-state index contributed by atoms with van der Waals surface area (Å²) < 4.78 is 18.9. The van der Waals surface area contributed by atoms with Crippen LogP contribution >= 0.6 is 23.2 Å². The van der Waals surface area contributed by atoms with Gasteiger partial charge in [-0.1, -0.05) is 121 Å². The Hall–Kier alpha value is -4.64. The predicted octanol–water partition coefficient (Wildman–Crippen LogP) is 13.1. The fourth-order valence-corrected chi connectivity index (χ4v) is 8.54. The van der Waals surface area contributed by atoms with Gasteiger partial charge in [0.25, 0.3) is 0 Å². The van der Waals surface area contributed by atoms with Crippen molar-refractivity contribution in [2.45, 2.75) is 51.4 Å². The van der Waals surface area contributed by atoms with E-state index in [0.29, 0.717) is 38.7 Å². The van der Waals surface area contributed by atoms with Gasteiger partial charge < -0.3 is 14.2 Å². The number of halogens is 2. The molecule has 7 aromatic carbocycles. The van der Waals surface area contributed by atoms with E-state index in [1.54, 1.807) is 0 Å². The first kappa shape index (κ1) is 36.3. The highest BCUT2D eigenvalue weighted by Crippen LogP contribution is 2.45. The lowest BCUT2D eigenvalue weighted by molar-refractivity contribution is -0.0436. The van der Waals surface area contributed by atoms with Crippen LogP contribution in [0, 0.1) is 5.92 Å². The molecule has 0 aromatic heterocycles. The van der Waals surface area contributed by atoms with Crippen molar-refractivity contribution in [3.8, 4) is 16.9 Å². The predicted molar refractivity (Wildman–Crippen MR) is 224 cm³/mol. The van der Waals surface area contributed by atoms with Crippen LogP contribution in [-0.2, 0) is 41.4 Å². The summed E-state index contributed by atoms with van der Waals surface area (Å²) >= 11 is 13.7. The maximum absolute atomic E-state index is 6.97. The topological polar surface area (TPSA) is 27.7 Å². The second kappa shape index (κ2) is 16.8. The van der Waals surface area contributed by atoms with Gasteiger partial charge in [0.2, 0.25) is 0 Å². The number of hydrogen-bond acceptors (Lipinski definition) is 3. The van der Waals surface area contributed by atoms with Crippen LogP contribution in [0.15, 0.2) is 140 Å². The maximum atomic E-state index is 6.97. The van der Waals surface area contributed by atoms with Crippen molar-refractivity contribution in [1.82, 2.24) is 0 Å². The smallest absolute Gasteiger partial charge is 0.119 e. The van der Waals surface area contributed by atoms with E-state index in [-0.39, 0.29) is 12.0 Å². The summed E-state index contributed by atoms with van der Waals surface area (Å²) in [5.41, 5.74) is 10.5. The third-order valence-electron chi connectivity index (χ3n) is 10.7. The van der Waals surface area contributed by atoms with E-state index in [0.717, 1.165) is 40.3 Å². The van der Waals surface area contributed by atoms with Crippen molar-refractivity contribution in [2.75, 3.05) is 13.2 Å². The van der Waals surface area contributed by atoms with Crippen LogP contribution in [0.2, 0.25) is 5.02 Å². The molecule has 5 heteroatoms. The highest BCUT2D eigenvalue weighted by molar-refractivity contribution is 6.32. The molecule has 0 saturated heterocycles. The van der Waals surface area contributed by atoms with E-state index in [2.05, 4.69) is 115 Å². The van der Waals surface area contributed by atoms with Crippen molar-refractivity contribution in [2.24, 2.45) is 5.92 Å². The summed E-state index contributed by atoms with van der Waals surface area (Å²) in [4.78, 5) is 0. The minimum atomic E-state index is -0.0984. The molecule has 2 unspecified atom stereocenters. The number of alkyl halides is 1. The molecule has 1 aliphatic carbocycles. The molecular formula is C49H44Cl2O3. The minimum absolute atomic E-state index is 0.0984. The van der Waals surface area contributed by atoms with Crippen LogP contribution in [0.3, 0.4) is 0 Å². The van der Waals surface area contributed by atoms with E-state index in [1.807, 2.05) is 31.2 Å². The summed E-state index contributed by atoms with van der Waals surface area (Å²) in [6.45, 7) is 4.41. The average molecular weight is 752 g/mol. The SMILES string of the molecule is CCOc1ccc(Cc2cc(-c3cc4c5c(ccc4c4ccccc34)C(OCc3ccccc3)C(COCc3ccccc3)CC5)c(CCl)cc2Cl)cc1. The first-order valence-corrected chi connectivity index (χ1v) is 19.8. The molecule has 3 nitrogen and oxygen atoms in total. The standard InChI is InChI=1S/C49H44Cl2O3/c1-2-53-39-20-17-33(18-21-39)25-37-26-45(38(29-50)27-48(37)51)47-28-46-42(40-15-9-10-16-41(40)47)23-24-44-43(46)22-19-36(32-52-30-34-11-5-3-6-12-34)49(44)54-31-35-13-7-4-8-14-35/h3-18,20-21,23-24,26-28,36,49H,2,19,22,25,29-32H2,1H3. The molecule has 2 atom stereocenters. The van der Waals surface area contributed by atoms with Gasteiger partial charge in [-0.15, -0.1) is 11.6 Å². The van der Waals surface area contributed by atoms with Crippen LogP contribution in [0.25, 0.3) is 32.7 Å². The molecule has 0 saturated carbocycles. The summed E-state index contributed by atoms with van der Waals surface area (Å²) in [5, 5.41) is 5.67. The van der Waals surface area contributed by atoms with Gasteiger partial charge in [-0.05, 0) is 128 Å². The molecule has 0 aliphatic heterocycles. The lowest BCUT2D eigenvalue weighted by Gasteiger charge is -2.34. The zero-order valence-corrected chi connectivity index (χ0v) is 32.1. The molecule has 8 rings (SSSR count).